The predicted molar refractivity (Wildman–Crippen MR) is 92.8 cm³/mol. The Hall–Kier alpha value is -2.99. The van der Waals surface area contributed by atoms with Crippen molar-refractivity contribution in [1.82, 2.24) is 10.1 Å². The van der Waals surface area contributed by atoms with Crippen LogP contribution in [0.25, 0.3) is 11.3 Å². The summed E-state index contributed by atoms with van der Waals surface area (Å²) < 4.78 is 24.5. The molecular formula is C20H17FN2O3. The molecule has 5 nitrogen and oxygen atoms in total. The molecule has 1 fully saturated rings. The molecule has 26 heavy (non-hydrogen) atoms. The van der Waals surface area contributed by atoms with Crippen LogP contribution in [0.4, 0.5) is 4.39 Å². The Morgan fingerprint density at radius 2 is 1.88 bits per heavy atom. The van der Waals surface area contributed by atoms with Crippen molar-refractivity contribution in [3.8, 4) is 11.3 Å². The number of amides is 1. The van der Waals surface area contributed by atoms with Crippen molar-refractivity contribution in [2.24, 2.45) is 0 Å². The van der Waals surface area contributed by atoms with Crippen molar-refractivity contribution < 1.29 is 18.4 Å². The van der Waals surface area contributed by atoms with Crippen LogP contribution in [-0.4, -0.2) is 35.2 Å². The van der Waals surface area contributed by atoms with Gasteiger partial charge in [-0.05, 0) is 6.07 Å². The second-order valence-corrected chi connectivity index (χ2v) is 6.18. The molecule has 0 aliphatic carbocycles. The smallest absolute Gasteiger partial charge is 0.276 e. The molecule has 0 atom stereocenters. The average Bonchev–Trinajstić information content (AvgIpc) is 3.12. The van der Waals surface area contributed by atoms with Gasteiger partial charge in [0.15, 0.2) is 11.5 Å². The molecule has 6 heteroatoms. The maximum Gasteiger partial charge on any atom is 0.276 e. The van der Waals surface area contributed by atoms with Crippen LogP contribution in [0.15, 0.2) is 65.2 Å². The van der Waals surface area contributed by atoms with Gasteiger partial charge in [-0.3, -0.25) is 4.79 Å². The Kier molecular flexibility index (Phi) is 4.50. The molecule has 0 saturated carbocycles. The predicted octanol–water partition coefficient (Wildman–Crippen LogP) is 3.52. The standard InChI is InChI=1S/C20H17FN2O3/c21-17-9-5-4-8-15(17)13-25-16-11-23(12-16)20(24)18-10-19(26-22-18)14-6-2-1-3-7-14/h1-10,16H,11-13H2. The number of likely N-dealkylation sites (tertiary alicyclic amines) is 1. The minimum atomic E-state index is -0.282. The van der Waals surface area contributed by atoms with Crippen LogP contribution in [0.3, 0.4) is 0 Å². The second kappa shape index (κ2) is 7.09. The molecular weight excluding hydrogens is 335 g/mol. The highest BCUT2D eigenvalue weighted by atomic mass is 19.1. The minimum absolute atomic E-state index is 0.0981. The molecule has 0 unspecified atom stereocenters. The lowest BCUT2D eigenvalue weighted by Crippen LogP contribution is -2.54. The molecule has 1 aliphatic rings. The topological polar surface area (TPSA) is 55.6 Å². The van der Waals surface area contributed by atoms with Crippen LogP contribution in [-0.2, 0) is 11.3 Å². The molecule has 0 bridgehead atoms. The van der Waals surface area contributed by atoms with Gasteiger partial charge in [-0.15, -0.1) is 0 Å². The van der Waals surface area contributed by atoms with Crippen LogP contribution >= 0.6 is 0 Å². The number of ether oxygens (including phenoxy) is 1. The highest BCUT2D eigenvalue weighted by Crippen LogP contribution is 2.22. The minimum Gasteiger partial charge on any atom is -0.370 e. The van der Waals surface area contributed by atoms with Gasteiger partial charge in [-0.1, -0.05) is 53.7 Å². The third-order valence-electron chi connectivity index (χ3n) is 4.36. The maximum atomic E-state index is 13.6. The van der Waals surface area contributed by atoms with Crippen molar-refractivity contribution >= 4 is 5.91 Å². The van der Waals surface area contributed by atoms with Gasteiger partial charge in [0.1, 0.15) is 5.82 Å². The summed E-state index contributed by atoms with van der Waals surface area (Å²) >= 11 is 0. The summed E-state index contributed by atoms with van der Waals surface area (Å²) in [4.78, 5) is 14.1. The zero-order valence-corrected chi connectivity index (χ0v) is 14.0. The summed E-state index contributed by atoms with van der Waals surface area (Å²) in [6.07, 6.45) is -0.0981. The second-order valence-electron chi connectivity index (χ2n) is 6.18. The summed E-state index contributed by atoms with van der Waals surface area (Å²) in [5, 5.41) is 3.87. The molecule has 0 N–H and O–H groups in total. The van der Waals surface area contributed by atoms with E-state index in [4.69, 9.17) is 9.26 Å². The SMILES string of the molecule is O=C(c1cc(-c2ccccc2)on1)N1CC(OCc2ccccc2F)C1. The molecule has 0 spiro atoms. The number of carbonyl (C=O) groups excluding carboxylic acids is 1. The number of rotatable bonds is 5. The van der Waals surface area contributed by atoms with Crippen molar-refractivity contribution in [2.75, 3.05) is 13.1 Å². The molecule has 1 aliphatic heterocycles. The van der Waals surface area contributed by atoms with E-state index in [1.165, 1.54) is 6.07 Å². The Bertz CT molecular complexity index is 904. The highest BCUT2D eigenvalue weighted by Gasteiger charge is 2.33. The van der Waals surface area contributed by atoms with Gasteiger partial charge in [-0.25, -0.2) is 4.39 Å². The Labute approximate surface area is 150 Å². The molecule has 132 valence electrons. The molecule has 1 saturated heterocycles. The van der Waals surface area contributed by atoms with Crippen molar-refractivity contribution in [1.29, 1.82) is 0 Å². The largest absolute Gasteiger partial charge is 0.370 e. The van der Waals surface area contributed by atoms with Gasteiger partial charge < -0.3 is 14.2 Å². The number of carbonyl (C=O) groups is 1. The molecule has 0 radical (unpaired) electrons. The van der Waals surface area contributed by atoms with E-state index in [0.717, 1.165) is 5.56 Å². The van der Waals surface area contributed by atoms with Gasteiger partial charge in [0.25, 0.3) is 5.91 Å². The highest BCUT2D eigenvalue weighted by molar-refractivity contribution is 5.93. The lowest BCUT2D eigenvalue weighted by molar-refractivity contribution is -0.0512. The van der Waals surface area contributed by atoms with Crippen molar-refractivity contribution in [2.45, 2.75) is 12.7 Å². The summed E-state index contributed by atoms with van der Waals surface area (Å²) in [6, 6.07) is 17.6. The van der Waals surface area contributed by atoms with E-state index >= 15 is 0 Å². The summed E-state index contributed by atoms with van der Waals surface area (Å²) in [7, 11) is 0. The number of nitrogens with zero attached hydrogens (tertiary/aromatic N) is 2. The van der Waals surface area contributed by atoms with E-state index in [1.54, 1.807) is 29.2 Å². The number of hydrogen-bond acceptors (Lipinski definition) is 4. The summed E-state index contributed by atoms with van der Waals surface area (Å²) in [5.41, 5.74) is 1.66. The fourth-order valence-corrected chi connectivity index (χ4v) is 2.81. The van der Waals surface area contributed by atoms with E-state index in [2.05, 4.69) is 5.16 Å². The van der Waals surface area contributed by atoms with Gasteiger partial charge in [0.05, 0.1) is 12.7 Å². The van der Waals surface area contributed by atoms with Gasteiger partial charge >= 0.3 is 0 Å². The maximum absolute atomic E-state index is 13.6. The van der Waals surface area contributed by atoms with Crippen LogP contribution in [0.2, 0.25) is 0 Å². The zero-order valence-electron chi connectivity index (χ0n) is 14.0. The number of hydrogen-bond donors (Lipinski definition) is 0. The first kappa shape index (κ1) is 16.5. The van der Waals surface area contributed by atoms with Crippen LogP contribution in [0.5, 0.6) is 0 Å². The molecule has 1 amide bonds. The molecule has 2 heterocycles. The third-order valence-corrected chi connectivity index (χ3v) is 4.36. The van der Waals surface area contributed by atoms with E-state index in [9.17, 15) is 9.18 Å². The first-order valence-corrected chi connectivity index (χ1v) is 8.37. The zero-order chi connectivity index (χ0) is 17.9. The first-order valence-electron chi connectivity index (χ1n) is 8.37. The lowest BCUT2D eigenvalue weighted by atomic mass is 10.1. The Morgan fingerprint density at radius 3 is 2.65 bits per heavy atom. The molecule has 4 rings (SSSR count). The fraction of sp³-hybridized carbons (Fsp3) is 0.200. The number of aromatic nitrogens is 1. The Morgan fingerprint density at radius 1 is 1.15 bits per heavy atom. The van der Waals surface area contributed by atoms with Crippen LogP contribution in [0, 0.1) is 5.82 Å². The fourth-order valence-electron chi connectivity index (χ4n) is 2.81. The molecule has 2 aromatic carbocycles. The average molecular weight is 352 g/mol. The third kappa shape index (κ3) is 3.36. The van der Waals surface area contributed by atoms with E-state index in [-0.39, 0.29) is 30.1 Å². The Balaban J connectivity index is 1.31. The normalized spacial score (nSPS) is 14.3. The van der Waals surface area contributed by atoms with Crippen LogP contribution < -0.4 is 0 Å². The summed E-state index contributed by atoms with van der Waals surface area (Å²) in [6.45, 7) is 1.11. The van der Waals surface area contributed by atoms with Gasteiger partial charge in [0.2, 0.25) is 0 Å². The van der Waals surface area contributed by atoms with Gasteiger partial charge in [-0.2, -0.15) is 0 Å². The lowest BCUT2D eigenvalue weighted by Gasteiger charge is -2.38. The van der Waals surface area contributed by atoms with E-state index in [1.807, 2.05) is 30.3 Å². The number of benzene rings is 2. The monoisotopic (exact) mass is 352 g/mol. The van der Waals surface area contributed by atoms with Crippen molar-refractivity contribution in [3.05, 3.63) is 77.7 Å². The first-order chi connectivity index (χ1) is 12.7. The van der Waals surface area contributed by atoms with Crippen LogP contribution in [0.1, 0.15) is 16.1 Å². The van der Waals surface area contributed by atoms with E-state index < -0.39 is 0 Å². The van der Waals surface area contributed by atoms with Gasteiger partial charge in [0, 0.05) is 30.3 Å². The quantitative estimate of drug-likeness (QED) is 0.705. The molecule has 1 aromatic heterocycles. The summed E-state index contributed by atoms with van der Waals surface area (Å²) in [5.74, 6) is 0.0827. The van der Waals surface area contributed by atoms with E-state index in [0.29, 0.717) is 24.4 Å². The van der Waals surface area contributed by atoms with Crippen molar-refractivity contribution in [3.63, 3.8) is 0 Å². The number of halogens is 1. The molecule has 3 aromatic rings.